The molecule has 72 heavy (non-hydrogen) atoms. The minimum Gasteiger partial charge on any atom is -0.492 e. The van der Waals surface area contributed by atoms with Crippen molar-refractivity contribution in [3.05, 3.63) is 33.4 Å². The molecule has 0 saturated heterocycles. The number of aliphatic carboxylic acids is 1. The van der Waals surface area contributed by atoms with Gasteiger partial charge in [0.05, 0.1) is 221 Å². The van der Waals surface area contributed by atoms with Crippen molar-refractivity contribution in [2.45, 2.75) is 12.8 Å². The van der Waals surface area contributed by atoms with Crippen LogP contribution in [0.1, 0.15) is 33.6 Å². The van der Waals surface area contributed by atoms with Crippen LogP contribution in [0.2, 0.25) is 0 Å². The Morgan fingerprint density at radius 3 is 0.917 bits per heavy atom. The second kappa shape index (κ2) is 50.7. The lowest BCUT2D eigenvalue weighted by Gasteiger charge is -2.16. The van der Waals surface area contributed by atoms with Crippen molar-refractivity contribution in [3.63, 3.8) is 0 Å². The van der Waals surface area contributed by atoms with Gasteiger partial charge in [0.1, 0.15) is 5.75 Å². The standard InChI is InChI=1S/C46H81N3O23/c1-56-10-12-60-18-20-64-26-28-68-34-36-70-32-30-66-24-22-62-16-14-58-8-5-47-45(52)41-38-40(49(54)55)39-42(44(41)72-7-3-4-43(50)51)46(53)48-6-9-59-15-17-63-23-25-67-31-33-71-37-35-69-29-27-65-21-19-61-13-11-57-2/h38-39H,3-37H2,1-2H3,(H,47,52)(H,48,53)(H,50,51). The number of carbonyl (C=O) groups excluding carboxylic acids is 2. The summed E-state index contributed by atoms with van der Waals surface area (Å²) in [6, 6.07) is 1.98. The molecule has 0 spiro atoms. The van der Waals surface area contributed by atoms with Crippen LogP contribution in [0.25, 0.3) is 0 Å². The molecule has 0 radical (unpaired) electrons. The molecule has 0 bridgehead atoms. The molecule has 0 fully saturated rings. The molecule has 418 valence electrons. The van der Waals surface area contributed by atoms with E-state index in [2.05, 4.69) is 10.6 Å². The number of hydrogen-bond acceptors (Lipinski definition) is 22. The van der Waals surface area contributed by atoms with Gasteiger partial charge < -0.3 is 96.3 Å². The topological polar surface area (TPSA) is 296 Å². The van der Waals surface area contributed by atoms with Gasteiger partial charge in [-0.1, -0.05) is 0 Å². The molecule has 0 aliphatic carbocycles. The van der Waals surface area contributed by atoms with E-state index in [9.17, 15) is 24.5 Å². The molecule has 0 saturated carbocycles. The molecule has 0 aromatic heterocycles. The van der Waals surface area contributed by atoms with Crippen LogP contribution in [0.3, 0.4) is 0 Å². The van der Waals surface area contributed by atoms with Crippen molar-refractivity contribution < 1.29 is 105 Å². The van der Waals surface area contributed by atoms with Crippen LogP contribution in [0.4, 0.5) is 5.69 Å². The number of hydrogen-bond donors (Lipinski definition) is 3. The van der Waals surface area contributed by atoms with Crippen molar-refractivity contribution in [2.75, 3.05) is 232 Å². The van der Waals surface area contributed by atoms with Crippen LogP contribution >= 0.6 is 0 Å². The number of nitrogens with one attached hydrogen (secondary N) is 2. The van der Waals surface area contributed by atoms with Crippen molar-refractivity contribution >= 4 is 23.5 Å². The smallest absolute Gasteiger partial charge is 0.303 e. The maximum Gasteiger partial charge on any atom is 0.303 e. The number of carboxylic acid groups (broad SMARTS) is 1. The first-order chi connectivity index (χ1) is 35.3. The molecule has 0 heterocycles. The molecular formula is C46H81N3O23. The van der Waals surface area contributed by atoms with Crippen LogP contribution in [-0.2, 0) is 80.6 Å². The molecule has 0 aliphatic heterocycles. The Bertz CT molecular complexity index is 1380. The fourth-order valence-corrected chi connectivity index (χ4v) is 5.40. The minimum atomic E-state index is -1.07. The van der Waals surface area contributed by atoms with Crippen molar-refractivity contribution in [3.8, 4) is 5.75 Å². The number of carboxylic acids is 1. The number of nitro benzene ring substituents is 1. The van der Waals surface area contributed by atoms with Gasteiger partial charge in [-0.3, -0.25) is 24.5 Å². The largest absolute Gasteiger partial charge is 0.492 e. The van der Waals surface area contributed by atoms with E-state index < -0.39 is 28.4 Å². The predicted octanol–water partition coefficient (Wildman–Crippen LogP) is 0.823. The first-order valence-corrected chi connectivity index (χ1v) is 24.1. The first kappa shape index (κ1) is 66.2. The highest BCUT2D eigenvalue weighted by atomic mass is 16.6. The summed E-state index contributed by atoms with van der Waals surface area (Å²) in [5, 5.41) is 26.2. The summed E-state index contributed by atoms with van der Waals surface area (Å²) in [6.07, 6.45) is -0.197. The van der Waals surface area contributed by atoms with E-state index in [4.69, 9.17) is 85.6 Å². The summed E-state index contributed by atoms with van der Waals surface area (Å²) < 4.78 is 91.8. The Morgan fingerprint density at radius 2 is 0.681 bits per heavy atom. The molecule has 26 nitrogen and oxygen atoms in total. The Kier molecular flexibility index (Phi) is 46.6. The van der Waals surface area contributed by atoms with E-state index >= 15 is 0 Å². The third-order valence-electron chi connectivity index (χ3n) is 8.95. The highest BCUT2D eigenvalue weighted by Gasteiger charge is 2.26. The maximum atomic E-state index is 13.3. The number of amides is 2. The summed E-state index contributed by atoms with van der Waals surface area (Å²) >= 11 is 0. The highest BCUT2D eigenvalue weighted by molar-refractivity contribution is 6.05. The highest BCUT2D eigenvalue weighted by Crippen LogP contribution is 2.30. The van der Waals surface area contributed by atoms with Gasteiger partial charge >= 0.3 is 5.97 Å². The number of rotatable bonds is 56. The van der Waals surface area contributed by atoms with Gasteiger partial charge in [0.25, 0.3) is 17.5 Å². The molecule has 1 rings (SSSR count). The van der Waals surface area contributed by atoms with Gasteiger partial charge in [0.15, 0.2) is 0 Å². The fraction of sp³-hybridized carbons (Fsp3) is 0.804. The number of nitro groups is 1. The monoisotopic (exact) mass is 1040 g/mol. The Labute approximate surface area is 422 Å². The Balaban J connectivity index is 2.28. The van der Waals surface area contributed by atoms with E-state index in [0.29, 0.717) is 159 Å². The number of nitrogens with zero attached hydrogens (tertiary/aromatic N) is 1. The van der Waals surface area contributed by atoms with Crippen LogP contribution in [0.15, 0.2) is 12.1 Å². The summed E-state index contributed by atoms with van der Waals surface area (Å²) in [7, 11) is 3.24. The number of carbonyl (C=O) groups is 3. The summed E-state index contributed by atoms with van der Waals surface area (Å²) in [4.78, 5) is 48.9. The lowest BCUT2D eigenvalue weighted by atomic mass is 10.1. The van der Waals surface area contributed by atoms with Gasteiger partial charge in [-0.15, -0.1) is 0 Å². The van der Waals surface area contributed by atoms with Crippen molar-refractivity contribution in [2.24, 2.45) is 0 Å². The molecule has 1 aromatic rings. The van der Waals surface area contributed by atoms with Gasteiger partial charge in [-0.25, -0.2) is 0 Å². The lowest BCUT2D eigenvalue weighted by Crippen LogP contribution is -2.31. The second-order valence-corrected chi connectivity index (χ2v) is 14.5. The Morgan fingerprint density at radius 1 is 0.431 bits per heavy atom. The van der Waals surface area contributed by atoms with Crippen molar-refractivity contribution in [1.82, 2.24) is 10.6 Å². The second-order valence-electron chi connectivity index (χ2n) is 14.5. The van der Waals surface area contributed by atoms with Crippen molar-refractivity contribution in [1.29, 1.82) is 0 Å². The Hall–Kier alpha value is -3.81. The van der Waals surface area contributed by atoms with Crippen LogP contribution in [0.5, 0.6) is 5.75 Å². The number of methoxy groups -OCH3 is 2. The van der Waals surface area contributed by atoms with E-state index in [-0.39, 0.29) is 89.1 Å². The van der Waals surface area contributed by atoms with Gasteiger partial charge in [-0.05, 0) is 6.42 Å². The zero-order chi connectivity index (χ0) is 52.2. The van der Waals surface area contributed by atoms with Gasteiger partial charge in [-0.2, -0.15) is 0 Å². The maximum absolute atomic E-state index is 13.3. The molecule has 0 aliphatic rings. The molecule has 0 atom stereocenters. The lowest BCUT2D eigenvalue weighted by molar-refractivity contribution is -0.384. The quantitative estimate of drug-likeness (QED) is 0.0462. The molecule has 3 N–H and O–H groups in total. The zero-order valence-electron chi connectivity index (χ0n) is 42.3. The van der Waals surface area contributed by atoms with Gasteiger partial charge in [0, 0.05) is 45.9 Å². The van der Waals surface area contributed by atoms with Crippen LogP contribution in [-0.4, -0.2) is 260 Å². The molecule has 26 heteroatoms. The fourth-order valence-electron chi connectivity index (χ4n) is 5.40. The van der Waals surface area contributed by atoms with E-state index in [1.165, 1.54) is 0 Å². The summed E-state index contributed by atoms with van der Waals surface area (Å²) in [5.41, 5.74) is -1.10. The summed E-state index contributed by atoms with van der Waals surface area (Å²) in [6.45, 7) is 11.8. The molecular weight excluding hydrogens is 963 g/mol. The first-order valence-electron chi connectivity index (χ1n) is 24.1. The summed E-state index contributed by atoms with van der Waals surface area (Å²) in [5.74, 6) is -2.85. The van der Waals surface area contributed by atoms with E-state index in [0.717, 1.165) is 12.1 Å². The number of non-ortho nitro benzene ring substituents is 1. The molecule has 1 aromatic carbocycles. The third kappa shape index (κ3) is 40.6. The zero-order valence-corrected chi connectivity index (χ0v) is 42.3. The average molecular weight is 1040 g/mol. The average Bonchev–Trinajstić information content (AvgIpc) is 3.37. The number of ether oxygens (including phenoxy) is 17. The van der Waals surface area contributed by atoms with Crippen LogP contribution < -0.4 is 15.4 Å². The normalized spacial score (nSPS) is 11.3. The van der Waals surface area contributed by atoms with E-state index in [1.807, 2.05) is 0 Å². The molecule has 2 amide bonds. The number of benzene rings is 1. The molecule has 0 unspecified atom stereocenters. The predicted molar refractivity (Wildman–Crippen MR) is 255 cm³/mol. The SMILES string of the molecule is COCCOCCOCCOCCOCCOCCOCCOCCNC(=O)c1cc([N+](=O)[O-])cc(C(=O)NCCOCCOCCOCCOCCOCCOCCOCCOC)c1OCCCC(=O)O. The van der Waals surface area contributed by atoms with Crippen LogP contribution in [0, 0.1) is 10.1 Å². The van der Waals surface area contributed by atoms with Gasteiger partial charge in [0.2, 0.25) is 0 Å². The third-order valence-corrected chi connectivity index (χ3v) is 8.95. The van der Waals surface area contributed by atoms with E-state index in [1.54, 1.807) is 14.2 Å². The minimum absolute atomic E-state index is 0.0139.